The number of carboxylic acid groups (broad SMARTS) is 1. The summed E-state index contributed by atoms with van der Waals surface area (Å²) in [5.74, 6) is -1.42. The van der Waals surface area contributed by atoms with Gasteiger partial charge in [-0.3, -0.25) is 9.59 Å². The van der Waals surface area contributed by atoms with Crippen molar-refractivity contribution in [3.8, 4) is 0 Å². The maximum Gasteiger partial charge on any atom is 0.312 e. The molecule has 1 amide bonds. The van der Waals surface area contributed by atoms with E-state index < -0.39 is 11.9 Å². The van der Waals surface area contributed by atoms with Crippen LogP contribution in [0.5, 0.6) is 0 Å². The van der Waals surface area contributed by atoms with Crippen LogP contribution in [-0.4, -0.2) is 48.6 Å². The average molecular weight is 274 g/mol. The average Bonchev–Trinajstić information content (AvgIpc) is 3.02. The molecule has 0 saturated carbocycles. The molecule has 5 heteroatoms. The fraction of sp³-hybridized carbons (Fsp3) is 0.467. The van der Waals surface area contributed by atoms with Crippen molar-refractivity contribution < 1.29 is 14.7 Å². The van der Waals surface area contributed by atoms with E-state index in [2.05, 4.69) is 4.90 Å². The summed E-state index contributed by atoms with van der Waals surface area (Å²) in [7, 11) is 2.01. The minimum Gasteiger partial charge on any atom is -0.481 e. The van der Waals surface area contributed by atoms with Gasteiger partial charge in [0.25, 0.3) is 0 Å². The van der Waals surface area contributed by atoms with E-state index in [-0.39, 0.29) is 18.4 Å². The van der Waals surface area contributed by atoms with Gasteiger partial charge >= 0.3 is 5.97 Å². The second-order valence-corrected chi connectivity index (χ2v) is 5.65. The molecule has 0 aromatic heterocycles. The molecule has 5 nitrogen and oxygen atoms in total. The van der Waals surface area contributed by atoms with E-state index in [4.69, 9.17) is 0 Å². The Morgan fingerprint density at radius 1 is 1.25 bits per heavy atom. The molecule has 0 radical (unpaired) electrons. The van der Waals surface area contributed by atoms with Crippen LogP contribution in [0.2, 0.25) is 0 Å². The quantitative estimate of drug-likeness (QED) is 0.879. The van der Waals surface area contributed by atoms with Gasteiger partial charge in [0.05, 0.1) is 5.92 Å². The second kappa shape index (κ2) is 4.90. The molecule has 0 aliphatic carbocycles. The molecule has 2 heterocycles. The Balaban J connectivity index is 1.88. The molecule has 0 spiro atoms. The molecule has 0 bridgehead atoms. The Bertz CT molecular complexity index is 558. The maximum absolute atomic E-state index is 12.6. The van der Waals surface area contributed by atoms with Gasteiger partial charge in [-0.1, -0.05) is 18.2 Å². The molecule has 1 aromatic rings. The highest BCUT2D eigenvalue weighted by Gasteiger charge is 2.39. The maximum atomic E-state index is 12.6. The third-order valence-electron chi connectivity index (χ3n) is 4.27. The number of carboxylic acids is 1. The summed E-state index contributed by atoms with van der Waals surface area (Å²) < 4.78 is 0. The summed E-state index contributed by atoms with van der Waals surface area (Å²) in [6, 6.07) is 7.33. The van der Waals surface area contributed by atoms with Gasteiger partial charge in [-0.2, -0.15) is 0 Å². The predicted molar refractivity (Wildman–Crippen MR) is 74.8 cm³/mol. The highest BCUT2D eigenvalue weighted by atomic mass is 16.4. The van der Waals surface area contributed by atoms with Crippen molar-refractivity contribution in [1.82, 2.24) is 4.90 Å². The number of anilines is 1. The molecule has 1 fully saturated rings. The van der Waals surface area contributed by atoms with Gasteiger partial charge < -0.3 is 14.9 Å². The summed E-state index contributed by atoms with van der Waals surface area (Å²) in [6.45, 7) is 1.94. The van der Waals surface area contributed by atoms with E-state index >= 15 is 0 Å². The molecule has 2 aliphatic rings. The molecular weight excluding hydrogens is 256 g/mol. The third-order valence-corrected chi connectivity index (χ3v) is 4.27. The first-order valence-electron chi connectivity index (χ1n) is 6.89. The first-order chi connectivity index (χ1) is 9.58. The molecule has 3 rings (SSSR count). The highest BCUT2D eigenvalue weighted by Crippen LogP contribution is 2.37. The van der Waals surface area contributed by atoms with Crippen LogP contribution in [-0.2, 0) is 9.59 Å². The van der Waals surface area contributed by atoms with Gasteiger partial charge in [-0.15, -0.1) is 0 Å². The summed E-state index contributed by atoms with van der Waals surface area (Å²) in [5.41, 5.74) is 1.51. The SMILES string of the molecule is CN1CCC(C(=O)N2CC(C(=O)O)c3ccccc32)C1. The van der Waals surface area contributed by atoms with Crippen molar-refractivity contribution in [2.45, 2.75) is 12.3 Å². The Morgan fingerprint density at radius 3 is 2.65 bits per heavy atom. The van der Waals surface area contributed by atoms with E-state index in [0.717, 1.165) is 30.8 Å². The van der Waals surface area contributed by atoms with Crippen LogP contribution in [0, 0.1) is 5.92 Å². The number of carbonyl (C=O) groups is 2. The van der Waals surface area contributed by atoms with Crippen molar-refractivity contribution in [1.29, 1.82) is 0 Å². The topological polar surface area (TPSA) is 60.9 Å². The molecule has 1 aromatic carbocycles. The monoisotopic (exact) mass is 274 g/mol. The van der Waals surface area contributed by atoms with Crippen LogP contribution < -0.4 is 4.90 Å². The van der Waals surface area contributed by atoms with Crippen LogP contribution in [0.3, 0.4) is 0 Å². The molecule has 2 atom stereocenters. The molecule has 20 heavy (non-hydrogen) atoms. The van der Waals surface area contributed by atoms with Crippen LogP contribution >= 0.6 is 0 Å². The first-order valence-corrected chi connectivity index (χ1v) is 6.89. The second-order valence-electron chi connectivity index (χ2n) is 5.65. The van der Waals surface area contributed by atoms with E-state index in [1.807, 2.05) is 31.3 Å². The van der Waals surface area contributed by atoms with Gasteiger partial charge in [0, 0.05) is 18.8 Å². The number of fused-ring (bicyclic) bond motifs is 1. The smallest absolute Gasteiger partial charge is 0.312 e. The largest absolute Gasteiger partial charge is 0.481 e. The fourth-order valence-corrected chi connectivity index (χ4v) is 3.18. The molecule has 1 saturated heterocycles. The van der Waals surface area contributed by atoms with Crippen LogP contribution in [0.25, 0.3) is 0 Å². The number of likely N-dealkylation sites (tertiary alicyclic amines) is 1. The first kappa shape index (κ1) is 13.1. The molecular formula is C15H18N2O3. The summed E-state index contributed by atoms with van der Waals surface area (Å²) in [5, 5.41) is 9.32. The van der Waals surface area contributed by atoms with Crippen LogP contribution in [0.1, 0.15) is 17.9 Å². The Morgan fingerprint density at radius 2 is 2.00 bits per heavy atom. The third kappa shape index (κ3) is 2.08. The van der Waals surface area contributed by atoms with Crippen molar-refractivity contribution in [2.75, 3.05) is 31.6 Å². The Labute approximate surface area is 117 Å². The minimum atomic E-state index is -0.865. The number of amides is 1. The molecule has 106 valence electrons. The van der Waals surface area contributed by atoms with Gasteiger partial charge in [0.15, 0.2) is 0 Å². The number of nitrogens with zero attached hydrogens (tertiary/aromatic N) is 2. The van der Waals surface area contributed by atoms with Crippen LogP contribution in [0.4, 0.5) is 5.69 Å². The molecule has 2 unspecified atom stereocenters. The molecule has 2 aliphatic heterocycles. The lowest BCUT2D eigenvalue weighted by molar-refractivity contribution is -0.138. The number of hydrogen-bond acceptors (Lipinski definition) is 3. The normalized spacial score (nSPS) is 25.8. The van der Waals surface area contributed by atoms with E-state index in [0.29, 0.717) is 0 Å². The summed E-state index contributed by atoms with van der Waals surface area (Å²) in [4.78, 5) is 27.8. The van der Waals surface area contributed by atoms with Gasteiger partial charge in [0.2, 0.25) is 5.91 Å². The van der Waals surface area contributed by atoms with Crippen molar-refractivity contribution in [2.24, 2.45) is 5.92 Å². The zero-order valence-electron chi connectivity index (χ0n) is 11.5. The van der Waals surface area contributed by atoms with Crippen molar-refractivity contribution >= 4 is 17.6 Å². The lowest BCUT2D eigenvalue weighted by Gasteiger charge is -2.21. The Hall–Kier alpha value is -1.88. The van der Waals surface area contributed by atoms with Gasteiger partial charge in [0.1, 0.15) is 5.92 Å². The number of hydrogen-bond donors (Lipinski definition) is 1. The van der Waals surface area contributed by atoms with Crippen molar-refractivity contribution in [3.05, 3.63) is 29.8 Å². The zero-order chi connectivity index (χ0) is 14.3. The number of rotatable bonds is 2. The van der Waals surface area contributed by atoms with Gasteiger partial charge in [-0.25, -0.2) is 0 Å². The Kier molecular flexibility index (Phi) is 3.22. The minimum absolute atomic E-state index is 0.0133. The summed E-state index contributed by atoms with van der Waals surface area (Å²) in [6.07, 6.45) is 0.853. The molecule has 1 N–H and O–H groups in total. The van der Waals surface area contributed by atoms with Crippen molar-refractivity contribution in [3.63, 3.8) is 0 Å². The standard InChI is InChI=1S/C15H18N2O3/c1-16-7-6-10(8-16)14(18)17-9-12(15(19)20)11-4-2-3-5-13(11)17/h2-5,10,12H,6-9H2,1H3,(H,19,20). The lowest BCUT2D eigenvalue weighted by atomic mass is 10.0. The number of benzene rings is 1. The number of aliphatic carboxylic acids is 1. The zero-order valence-corrected chi connectivity index (χ0v) is 11.5. The van der Waals surface area contributed by atoms with E-state index in [1.54, 1.807) is 4.90 Å². The highest BCUT2D eigenvalue weighted by molar-refractivity contribution is 6.00. The predicted octanol–water partition coefficient (Wildman–Crippen LogP) is 1.15. The fourth-order valence-electron chi connectivity index (χ4n) is 3.18. The van der Waals surface area contributed by atoms with E-state index in [1.165, 1.54) is 0 Å². The summed E-state index contributed by atoms with van der Waals surface area (Å²) >= 11 is 0. The lowest BCUT2D eigenvalue weighted by Crippen LogP contribution is -2.37. The number of para-hydroxylation sites is 1. The van der Waals surface area contributed by atoms with Crippen LogP contribution in [0.15, 0.2) is 24.3 Å². The van der Waals surface area contributed by atoms with Gasteiger partial charge in [-0.05, 0) is 31.6 Å². The van der Waals surface area contributed by atoms with E-state index in [9.17, 15) is 14.7 Å². The number of carbonyl (C=O) groups excluding carboxylic acids is 1.